The third-order valence-corrected chi connectivity index (χ3v) is 1.62. The second-order valence-corrected chi connectivity index (χ2v) is 4.93. The van der Waals surface area contributed by atoms with E-state index in [2.05, 4.69) is 21.1 Å². The Morgan fingerprint density at radius 1 is 1.18 bits per heavy atom. The molecule has 0 aliphatic carbocycles. The second kappa shape index (κ2) is 3.55. The van der Waals surface area contributed by atoms with Crippen molar-refractivity contribution in [1.82, 2.24) is 0 Å². The Morgan fingerprint density at radius 2 is 1.64 bits per heavy atom. The molecule has 0 aliphatic rings. The van der Waals surface area contributed by atoms with Gasteiger partial charge in [0, 0.05) is 0 Å². The zero-order valence-electron chi connectivity index (χ0n) is 8.52. The SMILES string of the molecule is CC(C)(O)CCC[N+](C)(C)C. The second-order valence-electron chi connectivity index (χ2n) is 4.93. The highest BCUT2D eigenvalue weighted by Gasteiger charge is 2.14. The summed E-state index contributed by atoms with van der Waals surface area (Å²) in [4.78, 5) is 0. The molecule has 0 spiro atoms. The van der Waals surface area contributed by atoms with Crippen molar-refractivity contribution >= 4 is 0 Å². The molecule has 0 radical (unpaired) electrons. The average Bonchev–Trinajstić information content (AvgIpc) is 1.55. The number of quaternary nitrogens is 1. The maximum Gasteiger partial charge on any atom is 0.0781 e. The Balaban J connectivity index is 3.44. The first kappa shape index (κ1) is 10.9. The molecule has 0 aromatic heterocycles. The molecule has 0 aliphatic heterocycles. The summed E-state index contributed by atoms with van der Waals surface area (Å²) >= 11 is 0. The maximum absolute atomic E-state index is 9.41. The number of nitrogens with zero attached hydrogens (tertiary/aromatic N) is 1. The predicted molar refractivity (Wildman–Crippen MR) is 48.4 cm³/mol. The topological polar surface area (TPSA) is 20.2 Å². The number of hydrogen-bond acceptors (Lipinski definition) is 1. The van der Waals surface area contributed by atoms with Crippen molar-refractivity contribution in [1.29, 1.82) is 0 Å². The van der Waals surface area contributed by atoms with E-state index in [0.29, 0.717) is 0 Å². The molecule has 0 amide bonds. The van der Waals surface area contributed by atoms with Gasteiger partial charge in [0.25, 0.3) is 0 Å². The van der Waals surface area contributed by atoms with E-state index in [1.165, 1.54) is 0 Å². The van der Waals surface area contributed by atoms with Gasteiger partial charge in [0.15, 0.2) is 0 Å². The highest BCUT2D eigenvalue weighted by Crippen LogP contribution is 2.11. The Morgan fingerprint density at radius 3 is 1.91 bits per heavy atom. The summed E-state index contributed by atoms with van der Waals surface area (Å²) in [7, 11) is 6.51. The van der Waals surface area contributed by atoms with E-state index in [1.807, 2.05) is 13.8 Å². The summed E-state index contributed by atoms with van der Waals surface area (Å²) in [5.41, 5.74) is -0.491. The molecule has 2 nitrogen and oxygen atoms in total. The van der Waals surface area contributed by atoms with Crippen LogP contribution in [0.3, 0.4) is 0 Å². The maximum atomic E-state index is 9.41. The molecule has 2 heteroatoms. The lowest BCUT2D eigenvalue weighted by Crippen LogP contribution is -2.36. The quantitative estimate of drug-likeness (QED) is 0.614. The first-order valence-electron chi connectivity index (χ1n) is 4.24. The Labute approximate surface area is 70.4 Å². The van der Waals surface area contributed by atoms with Crippen LogP contribution in [-0.2, 0) is 0 Å². The lowest BCUT2D eigenvalue weighted by atomic mass is 10.0. The molecule has 68 valence electrons. The molecule has 0 heterocycles. The Hall–Kier alpha value is -0.0800. The van der Waals surface area contributed by atoms with E-state index in [9.17, 15) is 5.11 Å². The van der Waals surface area contributed by atoms with E-state index >= 15 is 0 Å². The fourth-order valence-corrected chi connectivity index (χ4v) is 0.986. The molecule has 1 N–H and O–H groups in total. The van der Waals surface area contributed by atoms with E-state index in [-0.39, 0.29) is 0 Å². The van der Waals surface area contributed by atoms with E-state index < -0.39 is 5.60 Å². The third kappa shape index (κ3) is 9.92. The first-order chi connectivity index (χ1) is 4.71. The van der Waals surface area contributed by atoms with Gasteiger partial charge in [0.05, 0.1) is 33.3 Å². The van der Waals surface area contributed by atoms with Crippen molar-refractivity contribution in [3.05, 3.63) is 0 Å². The van der Waals surface area contributed by atoms with Crippen LogP contribution in [0, 0.1) is 0 Å². The van der Waals surface area contributed by atoms with Crippen LogP contribution >= 0.6 is 0 Å². The van der Waals surface area contributed by atoms with Gasteiger partial charge in [0.1, 0.15) is 0 Å². The van der Waals surface area contributed by atoms with Crippen LogP contribution in [0.1, 0.15) is 26.7 Å². The van der Waals surface area contributed by atoms with Gasteiger partial charge in [-0.15, -0.1) is 0 Å². The Bertz CT molecular complexity index is 93.7. The minimum Gasteiger partial charge on any atom is -0.390 e. The fourth-order valence-electron chi connectivity index (χ4n) is 0.986. The van der Waals surface area contributed by atoms with Gasteiger partial charge < -0.3 is 9.59 Å². The molecule has 0 saturated heterocycles. The van der Waals surface area contributed by atoms with Gasteiger partial charge in [-0.2, -0.15) is 0 Å². The van der Waals surface area contributed by atoms with Crippen LogP contribution in [0.4, 0.5) is 0 Å². The summed E-state index contributed by atoms with van der Waals surface area (Å²) in [5, 5.41) is 9.41. The van der Waals surface area contributed by atoms with E-state index in [0.717, 1.165) is 23.9 Å². The fraction of sp³-hybridized carbons (Fsp3) is 1.00. The van der Waals surface area contributed by atoms with Crippen LogP contribution in [0.15, 0.2) is 0 Å². The van der Waals surface area contributed by atoms with Crippen LogP contribution in [0.5, 0.6) is 0 Å². The van der Waals surface area contributed by atoms with Gasteiger partial charge in [-0.3, -0.25) is 0 Å². The summed E-state index contributed by atoms with van der Waals surface area (Å²) in [5.74, 6) is 0. The molecule has 0 unspecified atom stereocenters. The molecular formula is C9H22NO+. The van der Waals surface area contributed by atoms with Crippen molar-refractivity contribution in [2.45, 2.75) is 32.3 Å². The summed E-state index contributed by atoms with van der Waals surface area (Å²) in [6, 6.07) is 0. The van der Waals surface area contributed by atoms with Crippen molar-refractivity contribution in [3.8, 4) is 0 Å². The zero-order valence-corrected chi connectivity index (χ0v) is 8.52. The molecule has 11 heavy (non-hydrogen) atoms. The van der Waals surface area contributed by atoms with Gasteiger partial charge in [0.2, 0.25) is 0 Å². The lowest BCUT2D eigenvalue weighted by Gasteiger charge is -2.25. The highest BCUT2D eigenvalue weighted by molar-refractivity contribution is 4.63. The molecule has 0 bridgehead atoms. The molecule has 0 rings (SSSR count). The number of hydrogen-bond donors (Lipinski definition) is 1. The molecule has 0 atom stereocenters. The standard InChI is InChI=1S/C9H22NO/c1-9(2,11)7-6-8-10(3,4)5/h11H,6-8H2,1-5H3/q+1. The molecular weight excluding hydrogens is 138 g/mol. The van der Waals surface area contributed by atoms with Crippen LogP contribution in [-0.4, -0.2) is 42.9 Å². The van der Waals surface area contributed by atoms with Gasteiger partial charge >= 0.3 is 0 Å². The van der Waals surface area contributed by atoms with Crippen molar-refractivity contribution < 1.29 is 9.59 Å². The largest absolute Gasteiger partial charge is 0.390 e. The normalized spacial score (nSPS) is 13.6. The van der Waals surface area contributed by atoms with Gasteiger partial charge in [-0.05, 0) is 26.7 Å². The molecule has 0 fully saturated rings. The summed E-state index contributed by atoms with van der Waals surface area (Å²) in [6.45, 7) is 4.86. The lowest BCUT2D eigenvalue weighted by molar-refractivity contribution is -0.870. The smallest absolute Gasteiger partial charge is 0.0781 e. The van der Waals surface area contributed by atoms with Crippen LogP contribution < -0.4 is 0 Å². The summed E-state index contributed by atoms with van der Waals surface area (Å²) < 4.78 is 0.982. The van der Waals surface area contributed by atoms with Crippen molar-refractivity contribution in [2.24, 2.45) is 0 Å². The third-order valence-electron chi connectivity index (χ3n) is 1.62. The zero-order chi connectivity index (χ0) is 9.12. The first-order valence-corrected chi connectivity index (χ1v) is 4.24. The predicted octanol–water partition coefficient (Wildman–Crippen LogP) is 1.24. The van der Waals surface area contributed by atoms with Crippen LogP contribution in [0.25, 0.3) is 0 Å². The Kier molecular flexibility index (Phi) is 3.52. The molecule has 0 saturated carbocycles. The monoisotopic (exact) mass is 160 g/mol. The number of aliphatic hydroxyl groups is 1. The summed E-state index contributed by atoms with van der Waals surface area (Å²) in [6.07, 6.45) is 1.98. The van der Waals surface area contributed by atoms with E-state index in [4.69, 9.17) is 0 Å². The number of rotatable bonds is 4. The van der Waals surface area contributed by atoms with Crippen molar-refractivity contribution in [3.63, 3.8) is 0 Å². The minimum atomic E-state index is -0.491. The molecule has 0 aromatic carbocycles. The average molecular weight is 160 g/mol. The molecule has 0 aromatic rings. The van der Waals surface area contributed by atoms with Gasteiger partial charge in [-0.1, -0.05) is 0 Å². The highest BCUT2D eigenvalue weighted by atomic mass is 16.3. The minimum absolute atomic E-state index is 0.491. The van der Waals surface area contributed by atoms with Crippen LogP contribution in [0.2, 0.25) is 0 Å². The van der Waals surface area contributed by atoms with Crippen molar-refractivity contribution in [2.75, 3.05) is 27.7 Å². The van der Waals surface area contributed by atoms with Gasteiger partial charge in [-0.25, -0.2) is 0 Å². The van der Waals surface area contributed by atoms with E-state index in [1.54, 1.807) is 0 Å².